The van der Waals surface area contributed by atoms with Crippen molar-refractivity contribution in [2.75, 3.05) is 4.61 Å². The molecule has 12 heavy (non-hydrogen) atoms. The van der Waals surface area contributed by atoms with Gasteiger partial charge in [-0.15, -0.1) is 0 Å². The molecule has 0 fully saturated rings. The maximum absolute atomic E-state index is 10.4. The molecule has 0 heterocycles. The van der Waals surface area contributed by atoms with Crippen molar-refractivity contribution >= 4 is 41.9 Å². The quantitative estimate of drug-likeness (QED) is 0.174. The smallest absolute Gasteiger partial charge is 1.00 e. The fraction of sp³-hybridized carbons (Fsp3) is 0.333. The number of esters is 1. The van der Waals surface area contributed by atoms with Gasteiger partial charge in [0.05, 0.1) is 0 Å². The molecular formula is C3H5BILiO6. The molecule has 0 aromatic rings. The van der Waals surface area contributed by atoms with Gasteiger partial charge in [-0.1, -0.05) is 0 Å². The Morgan fingerprint density at radius 1 is 1.42 bits per heavy atom. The molecular weight excluding hydrogens is 277 g/mol. The average Bonchev–Trinajstić information content (AvgIpc) is 1.86. The molecule has 0 aromatic carbocycles. The van der Waals surface area contributed by atoms with Crippen LogP contribution in [0.1, 0.15) is 1.43 Å². The van der Waals surface area contributed by atoms with Crippen LogP contribution in [0.2, 0.25) is 0 Å². The minimum Gasteiger partial charge on any atom is -1.00 e. The van der Waals surface area contributed by atoms with Crippen molar-refractivity contribution in [2.24, 2.45) is 0 Å². The van der Waals surface area contributed by atoms with E-state index in [4.69, 9.17) is 10.0 Å². The number of ether oxygens (including phenoxy) is 1. The zero-order valence-corrected chi connectivity index (χ0v) is 8.35. The molecule has 0 bridgehead atoms. The number of halogens is 1. The molecule has 0 saturated heterocycles. The van der Waals surface area contributed by atoms with E-state index >= 15 is 0 Å². The first-order valence-corrected chi connectivity index (χ1v) is 3.90. The van der Waals surface area contributed by atoms with Gasteiger partial charge in [-0.25, -0.2) is 9.59 Å². The van der Waals surface area contributed by atoms with E-state index in [0.29, 0.717) is 0 Å². The van der Waals surface area contributed by atoms with Crippen LogP contribution in [0.3, 0.4) is 0 Å². The minimum atomic E-state index is -2.29. The van der Waals surface area contributed by atoms with Gasteiger partial charge >= 0.3 is 38.1 Å². The normalized spacial score (nSPS) is 7.92. The van der Waals surface area contributed by atoms with Crippen LogP contribution in [0.5, 0.6) is 0 Å². The maximum Gasteiger partial charge on any atom is 1.00 e. The van der Waals surface area contributed by atoms with Crippen molar-refractivity contribution in [1.29, 1.82) is 0 Å². The standard InChI is InChI=1S/C3H4BIO6.Li.H/c5-1-10-2(6)3(7)11-4(8)9;;/h8-9H,1H2;;/q;+1;-1. The van der Waals surface area contributed by atoms with Crippen molar-refractivity contribution in [2.45, 2.75) is 0 Å². The number of rotatable bonds is 2. The van der Waals surface area contributed by atoms with Gasteiger partial charge in [0.15, 0.2) is 0 Å². The van der Waals surface area contributed by atoms with Crippen LogP contribution in [0.15, 0.2) is 0 Å². The Bertz CT molecular complexity index is 168. The molecule has 9 heteroatoms. The fourth-order valence-electron chi connectivity index (χ4n) is 0.252. The molecule has 0 atom stereocenters. The molecule has 2 N–H and O–H groups in total. The molecule has 64 valence electrons. The second kappa shape index (κ2) is 7.88. The van der Waals surface area contributed by atoms with Crippen molar-refractivity contribution in [1.82, 2.24) is 0 Å². The topological polar surface area (TPSA) is 93.1 Å². The predicted octanol–water partition coefficient (Wildman–Crippen LogP) is -4.45. The Morgan fingerprint density at radius 3 is 2.25 bits per heavy atom. The van der Waals surface area contributed by atoms with Gasteiger partial charge in [0, 0.05) is 0 Å². The van der Waals surface area contributed by atoms with Crippen LogP contribution in [0.4, 0.5) is 0 Å². The summed E-state index contributed by atoms with van der Waals surface area (Å²) in [4.78, 5) is 20.7. The first-order valence-electron chi connectivity index (χ1n) is 2.37. The molecule has 0 aliphatic carbocycles. The second-order valence-corrected chi connectivity index (χ2v) is 1.90. The Hall–Kier alpha value is 0.252. The van der Waals surface area contributed by atoms with Crippen molar-refractivity contribution in [3.63, 3.8) is 0 Å². The predicted molar refractivity (Wildman–Crippen MR) is 42.4 cm³/mol. The van der Waals surface area contributed by atoms with Gasteiger partial charge in [0.1, 0.15) is 4.61 Å². The third kappa shape index (κ3) is 6.93. The van der Waals surface area contributed by atoms with Gasteiger partial charge in [0.2, 0.25) is 0 Å². The van der Waals surface area contributed by atoms with E-state index in [9.17, 15) is 9.59 Å². The number of carbonyl (C=O) groups excluding carboxylic acids is 2. The van der Waals surface area contributed by atoms with Crippen LogP contribution < -0.4 is 18.9 Å². The van der Waals surface area contributed by atoms with Crippen molar-refractivity contribution in [3.8, 4) is 0 Å². The van der Waals surface area contributed by atoms with Crippen LogP contribution in [-0.4, -0.2) is 33.9 Å². The molecule has 0 aliphatic heterocycles. The van der Waals surface area contributed by atoms with Gasteiger partial charge in [-0.05, 0) is 22.6 Å². The van der Waals surface area contributed by atoms with E-state index in [1.807, 2.05) is 0 Å². The molecule has 0 saturated carbocycles. The molecule has 0 amide bonds. The fourth-order valence-corrected chi connectivity index (χ4v) is 0.535. The van der Waals surface area contributed by atoms with Gasteiger partial charge in [-0.2, -0.15) is 0 Å². The van der Waals surface area contributed by atoms with Crippen LogP contribution in [0, 0.1) is 0 Å². The Morgan fingerprint density at radius 2 is 1.92 bits per heavy atom. The summed E-state index contributed by atoms with van der Waals surface area (Å²) >= 11 is 1.69. The summed E-state index contributed by atoms with van der Waals surface area (Å²) in [6.07, 6.45) is 0. The largest absolute Gasteiger partial charge is 1.00 e. The summed E-state index contributed by atoms with van der Waals surface area (Å²) in [5.74, 6) is -2.69. The maximum atomic E-state index is 10.4. The first kappa shape index (κ1) is 14.8. The van der Waals surface area contributed by atoms with Crippen LogP contribution in [0.25, 0.3) is 0 Å². The minimum absolute atomic E-state index is 0. The molecule has 6 nitrogen and oxygen atoms in total. The zero-order valence-electron chi connectivity index (χ0n) is 7.19. The van der Waals surface area contributed by atoms with Crippen molar-refractivity contribution in [3.05, 3.63) is 0 Å². The number of carbonyl (C=O) groups is 2. The Balaban J connectivity index is -0.000000500. The Kier molecular flexibility index (Phi) is 9.69. The molecule has 0 spiro atoms. The third-order valence-electron chi connectivity index (χ3n) is 0.565. The monoisotopic (exact) mass is 282 g/mol. The summed E-state index contributed by atoms with van der Waals surface area (Å²) in [6.45, 7) is 0. The summed E-state index contributed by atoms with van der Waals surface area (Å²) < 4.78 is 7.81. The summed E-state index contributed by atoms with van der Waals surface area (Å²) in [5.41, 5.74) is 0. The first-order chi connectivity index (χ1) is 5.07. The zero-order chi connectivity index (χ0) is 8.85. The SMILES string of the molecule is O=C(OCI)C(=O)OB(O)O.[H-].[Li+]. The van der Waals surface area contributed by atoms with Crippen LogP contribution in [-0.2, 0) is 19.0 Å². The van der Waals surface area contributed by atoms with Crippen molar-refractivity contribution < 1.29 is 49.3 Å². The second-order valence-electron chi connectivity index (χ2n) is 1.27. The van der Waals surface area contributed by atoms with Gasteiger partial charge in [0.25, 0.3) is 0 Å². The molecule has 0 radical (unpaired) electrons. The van der Waals surface area contributed by atoms with E-state index in [1.165, 1.54) is 0 Å². The van der Waals surface area contributed by atoms with E-state index in [-0.39, 0.29) is 24.9 Å². The average molecular weight is 282 g/mol. The van der Waals surface area contributed by atoms with Gasteiger partial charge < -0.3 is 20.9 Å². The third-order valence-corrected chi connectivity index (χ3v) is 0.876. The number of alkyl halides is 1. The van der Waals surface area contributed by atoms with E-state index in [0.717, 1.165) is 0 Å². The summed E-state index contributed by atoms with van der Waals surface area (Å²) in [6, 6.07) is 0. The van der Waals surface area contributed by atoms with E-state index < -0.39 is 19.3 Å². The summed E-state index contributed by atoms with van der Waals surface area (Å²) in [7, 11) is -2.29. The summed E-state index contributed by atoms with van der Waals surface area (Å²) in [5, 5.41) is 16.1. The molecule has 0 unspecified atom stereocenters. The molecule has 0 aromatic heterocycles. The van der Waals surface area contributed by atoms with Gasteiger partial charge in [-0.3, -0.25) is 0 Å². The number of hydrogen-bond acceptors (Lipinski definition) is 6. The van der Waals surface area contributed by atoms with E-state index in [2.05, 4.69) is 9.39 Å². The number of hydrogen-bond donors (Lipinski definition) is 2. The Labute approximate surface area is 95.6 Å². The van der Waals surface area contributed by atoms with E-state index in [1.54, 1.807) is 22.6 Å². The molecule has 0 rings (SSSR count). The van der Waals surface area contributed by atoms with Crippen LogP contribution >= 0.6 is 22.6 Å². The molecule has 0 aliphatic rings.